The standard InChI is InChI=1S/C17H12F2N2O2/c1-23-15-8-3-2-7-14(15)21-17(22)12(10-20)9-11-5-4-6-13(18)16(11)19/h2-9H,1H3,(H,21,22)/b12-9-. The lowest BCUT2D eigenvalue weighted by molar-refractivity contribution is -0.112. The van der Waals surface area contributed by atoms with Crippen molar-refractivity contribution in [3.05, 3.63) is 65.2 Å². The number of ether oxygens (including phenoxy) is 1. The number of rotatable bonds is 4. The number of hydrogen-bond donors (Lipinski definition) is 1. The third-order valence-electron chi connectivity index (χ3n) is 3.00. The summed E-state index contributed by atoms with van der Waals surface area (Å²) < 4.78 is 31.9. The van der Waals surface area contributed by atoms with Crippen LogP contribution in [-0.4, -0.2) is 13.0 Å². The van der Waals surface area contributed by atoms with Crippen LogP contribution in [0.25, 0.3) is 6.08 Å². The molecule has 0 aliphatic carbocycles. The molecule has 116 valence electrons. The molecule has 0 saturated heterocycles. The van der Waals surface area contributed by atoms with Crippen LogP contribution in [0.1, 0.15) is 5.56 Å². The van der Waals surface area contributed by atoms with Crippen LogP contribution < -0.4 is 10.1 Å². The maximum Gasteiger partial charge on any atom is 0.266 e. The first-order valence-corrected chi connectivity index (χ1v) is 6.57. The first-order chi connectivity index (χ1) is 11.1. The third kappa shape index (κ3) is 3.71. The minimum absolute atomic E-state index is 0.184. The molecule has 2 aromatic carbocycles. The normalized spacial score (nSPS) is 10.8. The molecule has 0 aliphatic heterocycles. The quantitative estimate of drug-likeness (QED) is 0.694. The van der Waals surface area contributed by atoms with Crippen LogP contribution in [-0.2, 0) is 4.79 Å². The summed E-state index contributed by atoms with van der Waals surface area (Å²) >= 11 is 0. The zero-order chi connectivity index (χ0) is 16.8. The Labute approximate surface area is 131 Å². The van der Waals surface area contributed by atoms with E-state index in [0.717, 1.165) is 12.1 Å². The molecule has 1 N–H and O–H groups in total. The van der Waals surface area contributed by atoms with Crippen LogP contribution >= 0.6 is 0 Å². The smallest absolute Gasteiger partial charge is 0.266 e. The van der Waals surface area contributed by atoms with E-state index in [2.05, 4.69) is 5.32 Å². The fourth-order valence-electron chi connectivity index (χ4n) is 1.87. The second-order valence-corrected chi connectivity index (χ2v) is 4.47. The number of nitrogens with zero attached hydrogens (tertiary/aromatic N) is 1. The SMILES string of the molecule is COc1ccccc1NC(=O)/C(C#N)=C\c1cccc(F)c1F. The number of nitriles is 1. The second-order valence-electron chi connectivity index (χ2n) is 4.47. The molecule has 0 bridgehead atoms. The average molecular weight is 314 g/mol. The van der Waals surface area contributed by atoms with Gasteiger partial charge in [0.15, 0.2) is 11.6 Å². The van der Waals surface area contributed by atoms with Gasteiger partial charge < -0.3 is 10.1 Å². The first-order valence-electron chi connectivity index (χ1n) is 6.57. The summed E-state index contributed by atoms with van der Waals surface area (Å²) in [6.07, 6.45) is 0.989. The summed E-state index contributed by atoms with van der Waals surface area (Å²) in [7, 11) is 1.44. The number of benzene rings is 2. The summed E-state index contributed by atoms with van der Waals surface area (Å²) in [5.74, 6) is -2.51. The Hall–Kier alpha value is -3.20. The Kier molecular flexibility index (Phi) is 5.05. The topological polar surface area (TPSA) is 62.1 Å². The minimum Gasteiger partial charge on any atom is -0.495 e. The van der Waals surface area contributed by atoms with Crippen molar-refractivity contribution < 1.29 is 18.3 Å². The van der Waals surface area contributed by atoms with Gasteiger partial charge in [-0.2, -0.15) is 5.26 Å². The molecule has 0 aliphatic rings. The highest BCUT2D eigenvalue weighted by Gasteiger charge is 2.14. The lowest BCUT2D eigenvalue weighted by Gasteiger charge is -2.09. The van der Waals surface area contributed by atoms with E-state index in [0.29, 0.717) is 11.4 Å². The predicted molar refractivity (Wildman–Crippen MR) is 81.6 cm³/mol. The van der Waals surface area contributed by atoms with Crippen molar-refractivity contribution >= 4 is 17.7 Å². The van der Waals surface area contributed by atoms with Crippen molar-refractivity contribution in [2.45, 2.75) is 0 Å². The average Bonchev–Trinajstić information content (AvgIpc) is 2.56. The van der Waals surface area contributed by atoms with Gasteiger partial charge in [-0.1, -0.05) is 24.3 Å². The van der Waals surface area contributed by atoms with Crippen molar-refractivity contribution in [2.24, 2.45) is 0 Å². The van der Waals surface area contributed by atoms with Gasteiger partial charge in [-0.05, 0) is 24.3 Å². The van der Waals surface area contributed by atoms with Gasteiger partial charge >= 0.3 is 0 Å². The summed E-state index contributed by atoms with van der Waals surface area (Å²) in [6, 6.07) is 11.8. The Morgan fingerprint density at radius 2 is 1.96 bits per heavy atom. The van der Waals surface area contributed by atoms with Gasteiger partial charge in [0.1, 0.15) is 17.4 Å². The molecule has 23 heavy (non-hydrogen) atoms. The van der Waals surface area contributed by atoms with Crippen molar-refractivity contribution in [3.63, 3.8) is 0 Å². The Morgan fingerprint density at radius 3 is 2.65 bits per heavy atom. The Bertz CT molecular complexity index is 810. The van der Waals surface area contributed by atoms with Gasteiger partial charge in [-0.3, -0.25) is 4.79 Å². The molecule has 2 aromatic rings. The molecule has 0 unspecified atom stereocenters. The molecule has 1 amide bonds. The largest absolute Gasteiger partial charge is 0.495 e. The lowest BCUT2D eigenvalue weighted by atomic mass is 10.1. The van der Waals surface area contributed by atoms with Gasteiger partial charge in [0.05, 0.1) is 12.8 Å². The van der Waals surface area contributed by atoms with Crippen molar-refractivity contribution in [3.8, 4) is 11.8 Å². The molecule has 0 fully saturated rings. The number of para-hydroxylation sites is 2. The molecule has 6 heteroatoms. The highest BCUT2D eigenvalue weighted by molar-refractivity contribution is 6.10. The molecule has 0 spiro atoms. The number of anilines is 1. The van der Waals surface area contributed by atoms with Crippen LogP contribution in [0.15, 0.2) is 48.0 Å². The van der Waals surface area contributed by atoms with Gasteiger partial charge in [0, 0.05) is 5.56 Å². The predicted octanol–water partition coefficient (Wildman–Crippen LogP) is 3.52. The van der Waals surface area contributed by atoms with Crippen LogP contribution in [0.2, 0.25) is 0 Å². The summed E-state index contributed by atoms with van der Waals surface area (Å²) in [6.45, 7) is 0. The number of carbonyl (C=O) groups is 1. The van der Waals surface area contributed by atoms with Gasteiger partial charge in [-0.25, -0.2) is 8.78 Å². The molecular formula is C17H12F2N2O2. The maximum atomic E-state index is 13.6. The van der Waals surface area contributed by atoms with Gasteiger partial charge in [0.2, 0.25) is 0 Å². The van der Waals surface area contributed by atoms with E-state index in [-0.39, 0.29) is 11.1 Å². The highest BCUT2D eigenvalue weighted by Crippen LogP contribution is 2.24. The van der Waals surface area contributed by atoms with E-state index in [9.17, 15) is 13.6 Å². The molecule has 0 radical (unpaired) electrons. The highest BCUT2D eigenvalue weighted by atomic mass is 19.2. The molecule has 0 atom stereocenters. The van der Waals surface area contributed by atoms with E-state index in [4.69, 9.17) is 10.00 Å². The molecule has 4 nitrogen and oxygen atoms in total. The number of methoxy groups -OCH3 is 1. The first kappa shape index (κ1) is 16.2. The summed E-state index contributed by atoms with van der Waals surface area (Å²) in [5.41, 5.74) is -0.182. The minimum atomic E-state index is -1.12. The number of halogens is 2. The third-order valence-corrected chi connectivity index (χ3v) is 3.00. The fourth-order valence-corrected chi connectivity index (χ4v) is 1.87. The fraction of sp³-hybridized carbons (Fsp3) is 0.0588. The summed E-state index contributed by atoms with van der Waals surface area (Å²) in [5, 5.41) is 11.6. The van der Waals surface area contributed by atoms with Crippen LogP contribution in [0.4, 0.5) is 14.5 Å². The number of nitrogens with one attached hydrogen (secondary N) is 1. The summed E-state index contributed by atoms with van der Waals surface area (Å²) in [4.78, 5) is 12.1. The maximum absolute atomic E-state index is 13.6. The van der Waals surface area contributed by atoms with Crippen molar-refractivity contribution in [1.82, 2.24) is 0 Å². The van der Waals surface area contributed by atoms with Crippen LogP contribution in [0, 0.1) is 23.0 Å². The molecule has 2 rings (SSSR count). The molecular weight excluding hydrogens is 302 g/mol. The second kappa shape index (κ2) is 7.18. The Balaban J connectivity index is 2.31. The van der Waals surface area contributed by atoms with Crippen LogP contribution in [0.3, 0.4) is 0 Å². The molecule has 0 heterocycles. The monoisotopic (exact) mass is 314 g/mol. The van der Waals surface area contributed by atoms with Gasteiger partial charge in [-0.15, -0.1) is 0 Å². The molecule has 0 aromatic heterocycles. The van der Waals surface area contributed by atoms with E-state index in [1.807, 2.05) is 0 Å². The van der Waals surface area contributed by atoms with E-state index in [1.54, 1.807) is 30.3 Å². The number of carbonyl (C=O) groups excluding carboxylic acids is 1. The molecule has 0 saturated carbocycles. The van der Waals surface area contributed by atoms with E-state index < -0.39 is 17.5 Å². The Morgan fingerprint density at radius 1 is 1.22 bits per heavy atom. The van der Waals surface area contributed by atoms with E-state index >= 15 is 0 Å². The number of hydrogen-bond acceptors (Lipinski definition) is 3. The number of amides is 1. The van der Waals surface area contributed by atoms with Gasteiger partial charge in [0.25, 0.3) is 5.91 Å². The van der Waals surface area contributed by atoms with Crippen LogP contribution in [0.5, 0.6) is 5.75 Å². The van der Waals surface area contributed by atoms with Crippen molar-refractivity contribution in [1.29, 1.82) is 5.26 Å². The van der Waals surface area contributed by atoms with E-state index in [1.165, 1.54) is 19.2 Å². The zero-order valence-electron chi connectivity index (χ0n) is 12.1. The van der Waals surface area contributed by atoms with Crippen molar-refractivity contribution in [2.75, 3.05) is 12.4 Å². The zero-order valence-corrected chi connectivity index (χ0v) is 12.1. The lowest BCUT2D eigenvalue weighted by Crippen LogP contribution is -2.14.